The molecule has 0 radical (unpaired) electrons. The van der Waals surface area contributed by atoms with Crippen molar-refractivity contribution in [2.75, 3.05) is 12.6 Å². The van der Waals surface area contributed by atoms with Gasteiger partial charge in [-0.05, 0) is 20.8 Å². The van der Waals surface area contributed by atoms with E-state index < -0.39 is 23.6 Å². The Balaban J connectivity index is 3.88. The molecule has 16 heavy (non-hydrogen) atoms. The maximum atomic E-state index is 11.2. The molecule has 0 spiro atoms. The molecular weight excluding hydrogens is 234 g/mol. The monoisotopic (exact) mass is 251 g/mol. The molecule has 0 heterocycles. The maximum Gasteiger partial charge on any atom is 0.407 e. The minimum absolute atomic E-state index is 0.157. The summed E-state index contributed by atoms with van der Waals surface area (Å²) in [6.45, 7) is 7.07. The molecule has 94 valence electrons. The highest BCUT2D eigenvalue weighted by Crippen LogP contribution is 2.06. The van der Waals surface area contributed by atoms with Crippen LogP contribution in [0.3, 0.4) is 0 Å². The van der Waals surface area contributed by atoms with Crippen molar-refractivity contribution in [1.82, 2.24) is 5.32 Å². The molecule has 0 aliphatic carbocycles. The topological polar surface area (TPSA) is 64.6 Å². The number of nitrogens with one attached hydrogen (secondary N) is 1. The van der Waals surface area contributed by atoms with Crippen LogP contribution in [-0.4, -0.2) is 30.3 Å². The summed E-state index contributed by atoms with van der Waals surface area (Å²) >= 11 is 5.24. The second-order valence-corrected chi connectivity index (χ2v) is 4.57. The summed E-state index contributed by atoms with van der Waals surface area (Å²) < 4.78 is 9.57. The van der Waals surface area contributed by atoms with E-state index in [1.807, 2.05) is 0 Å². The smallest absolute Gasteiger partial charge is 0.407 e. The van der Waals surface area contributed by atoms with Crippen LogP contribution in [0.4, 0.5) is 4.79 Å². The second-order valence-electron chi connectivity index (χ2n) is 4.36. The molecule has 0 aliphatic rings. The van der Waals surface area contributed by atoms with Crippen molar-refractivity contribution in [2.24, 2.45) is 5.92 Å². The van der Waals surface area contributed by atoms with E-state index in [4.69, 9.17) is 16.3 Å². The standard InChI is InChI=1S/C10H18ClNO4/c1-7(8(13)15-6-11)5-12-9(14)16-10(2,3)4/h7H,5-6H2,1-4H3,(H,12,14). The van der Waals surface area contributed by atoms with Crippen molar-refractivity contribution >= 4 is 23.7 Å². The summed E-state index contributed by atoms with van der Waals surface area (Å²) in [5.74, 6) is -0.905. The first-order valence-corrected chi connectivity index (χ1v) is 5.49. The molecule has 0 rings (SSSR count). The Bertz CT molecular complexity index is 250. The Kier molecular flexibility index (Phi) is 6.18. The fraction of sp³-hybridized carbons (Fsp3) is 0.800. The molecule has 0 saturated heterocycles. The van der Waals surface area contributed by atoms with E-state index in [1.165, 1.54) is 0 Å². The summed E-state index contributed by atoms with van der Waals surface area (Å²) in [4.78, 5) is 22.4. The Morgan fingerprint density at radius 2 is 1.94 bits per heavy atom. The zero-order valence-electron chi connectivity index (χ0n) is 10.0. The van der Waals surface area contributed by atoms with Crippen LogP contribution < -0.4 is 5.32 Å². The molecular formula is C10H18ClNO4. The predicted molar refractivity (Wildman–Crippen MR) is 60.2 cm³/mol. The van der Waals surface area contributed by atoms with Gasteiger partial charge in [-0.15, -0.1) is 0 Å². The molecule has 0 fully saturated rings. The Labute approximate surface area is 100 Å². The highest BCUT2D eigenvalue weighted by atomic mass is 35.5. The third-order valence-electron chi connectivity index (χ3n) is 1.55. The van der Waals surface area contributed by atoms with Crippen LogP contribution in [-0.2, 0) is 14.3 Å². The SMILES string of the molecule is CC(CNC(=O)OC(C)(C)C)C(=O)OCCl. The molecule has 1 N–H and O–H groups in total. The van der Waals surface area contributed by atoms with Gasteiger partial charge in [0.2, 0.25) is 0 Å². The Morgan fingerprint density at radius 3 is 2.38 bits per heavy atom. The first-order chi connectivity index (χ1) is 7.26. The van der Waals surface area contributed by atoms with Gasteiger partial charge in [-0.1, -0.05) is 18.5 Å². The summed E-state index contributed by atoms with van der Waals surface area (Å²) in [5, 5.41) is 2.47. The number of rotatable bonds is 4. The summed E-state index contributed by atoms with van der Waals surface area (Å²) in [7, 11) is 0. The van der Waals surface area contributed by atoms with Gasteiger partial charge >= 0.3 is 12.1 Å². The number of alkyl halides is 1. The second kappa shape index (κ2) is 6.58. The van der Waals surface area contributed by atoms with Gasteiger partial charge in [0, 0.05) is 6.54 Å². The lowest BCUT2D eigenvalue weighted by atomic mass is 10.2. The Morgan fingerprint density at radius 1 is 1.38 bits per heavy atom. The molecule has 5 nitrogen and oxygen atoms in total. The van der Waals surface area contributed by atoms with Crippen molar-refractivity contribution in [3.63, 3.8) is 0 Å². The third kappa shape index (κ3) is 7.34. The predicted octanol–water partition coefficient (Wildman–Crippen LogP) is 1.89. The number of carbonyl (C=O) groups excluding carboxylic acids is 2. The fourth-order valence-electron chi connectivity index (χ4n) is 0.830. The van der Waals surface area contributed by atoms with E-state index in [2.05, 4.69) is 10.1 Å². The van der Waals surface area contributed by atoms with Crippen LogP contribution in [0.25, 0.3) is 0 Å². The van der Waals surface area contributed by atoms with Crippen molar-refractivity contribution in [1.29, 1.82) is 0 Å². The number of esters is 1. The van der Waals surface area contributed by atoms with Gasteiger partial charge in [0.05, 0.1) is 5.92 Å². The molecule has 0 aromatic rings. The maximum absolute atomic E-state index is 11.2. The van der Waals surface area contributed by atoms with E-state index in [-0.39, 0.29) is 12.6 Å². The van der Waals surface area contributed by atoms with Gasteiger partial charge in [0.15, 0.2) is 6.07 Å². The molecule has 0 aliphatic heterocycles. The zero-order chi connectivity index (χ0) is 12.8. The molecule has 0 aromatic carbocycles. The van der Waals surface area contributed by atoms with E-state index in [9.17, 15) is 9.59 Å². The lowest BCUT2D eigenvalue weighted by Gasteiger charge is -2.20. The fourth-order valence-corrected chi connectivity index (χ4v) is 0.938. The van der Waals surface area contributed by atoms with Crippen molar-refractivity contribution < 1.29 is 19.1 Å². The van der Waals surface area contributed by atoms with Crippen LogP contribution in [0, 0.1) is 5.92 Å². The quantitative estimate of drug-likeness (QED) is 0.612. The van der Waals surface area contributed by atoms with Crippen molar-refractivity contribution in [3.05, 3.63) is 0 Å². The molecule has 1 unspecified atom stereocenters. The number of alkyl carbamates (subject to hydrolysis) is 1. The highest BCUT2D eigenvalue weighted by Gasteiger charge is 2.19. The number of ether oxygens (including phenoxy) is 2. The van der Waals surface area contributed by atoms with Crippen LogP contribution in [0.5, 0.6) is 0 Å². The average molecular weight is 252 g/mol. The van der Waals surface area contributed by atoms with E-state index >= 15 is 0 Å². The van der Waals surface area contributed by atoms with Crippen LogP contribution >= 0.6 is 11.6 Å². The van der Waals surface area contributed by atoms with Gasteiger partial charge in [-0.2, -0.15) is 0 Å². The third-order valence-corrected chi connectivity index (χ3v) is 1.66. The normalized spacial score (nSPS) is 12.8. The summed E-state index contributed by atoms with van der Waals surface area (Å²) in [5.41, 5.74) is -0.552. The van der Waals surface area contributed by atoms with Gasteiger partial charge < -0.3 is 14.8 Å². The molecule has 6 heteroatoms. The number of carbonyl (C=O) groups is 2. The minimum Gasteiger partial charge on any atom is -0.449 e. The van der Waals surface area contributed by atoms with E-state index in [1.54, 1.807) is 27.7 Å². The number of halogens is 1. The summed E-state index contributed by atoms with van der Waals surface area (Å²) in [6, 6.07) is -0.185. The van der Waals surface area contributed by atoms with Crippen LogP contribution in [0.1, 0.15) is 27.7 Å². The molecule has 1 amide bonds. The van der Waals surface area contributed by atoms with Gasteiger partial charge in [0.25, 0.3) is 0 Å². The first-order valence-electron chi connectivity index (χ1n) is 4.95. The largest absolute Gasteiger partial charge is 0.449 e. The van der Waals surface area contributed by atoms with Gasteiger partial charge in [0.1, 0.15) is 5.60 Å². The van der Waals surface area contributed by atoms with Gasteiger partial charge in [-0.25, -0.2) is 4.79 Å². The zero-order valence-corrected chi connectivity index (χ0v) is 10.8. The first kappa shape index (κ1) is 15.0. The van der Waals surface area contributed by atoms with Crippen LogP contribution in [0.2, 0.25) is 0 Å². The molecule has 0 saturated carbocycles. The number of amides is 1. The lowest BCUT2D eigenvalue weighted by molar-refractivity contribution is -0.145. The molecule has 0 aromatic heterocycles. The van der Waals surface area contributed by atoms with Crippen LogP contribution in [0.15, 0.2) is 0 Å². The van der Waals surface area contributed by atoms with Crippen molar-refractivity contribution in [2.45, 2.75) is 33.3 Å². The van der Waals surface area contributed by atoms with Crippen molar-refractivity contribution in [3.8, 4) is 0 Å². The van der Waals surface area contributed by atoms with E-state index in [0.717, 1.165) is 0 Å². The lowest BCUT2D eigenvalue weighted by Crippen LogP contribution is -2.36. The highest BCUT2D eigenvalue weighted by molar-refractivity contribution is 6.17. The van der Waals surface area contributed by atoms with E-state index in [0.29, 0.717) is 0 Å². The molecule has 1 atom stereocenters. The average Bonchev–Trinajstić information content (AvgIpc) is 2.11. The number of hydrogen-bond donors (Lipinski definition) is 1. The Hall–Kier alpha value is -0.970. The molecule has 0 bridgehead atoms. The van der Waals surface area contributed by atoms with Gasteiger partial charge in [-0.3, -0.25) is 4.79 Å². The minimum atomic E-state index is -0.557. The summed E-state index contributed by atoms with van der Waals surface area (Å²) in [6.07, 6.45) is -0.557. The number of hydrogen-bond acceptors (Lipinski definition) is 4.